The molecule has 0 atom stereocenters. The molecule has 3 aromatic rings. The number of rotatable bonds is 4. The van der Waals surface area contributed by atoms with Gasteiger partial charge in [-0.25, -0.2) is 0 Å². The van der Waals surface area contributed by atoms with Crippen LogP contribution < -0.4 is 5.56 Å². The van der Waals surface area contributed by atoms with Gasteiger partial charge in [-0.1, -0.05) is 6.07 Å². The first kappa shape index (κ1) is 15.0. The van der Waals surface area contributed by atoms with Crippen molar-refractivity contribution < 1.29 is 9.90 Å². The molecule has 0 spiro atoms. The Labute approximate surface area is 131 Å². The molecule has 1 N–H and O–H groups in total. The lowest BCUT2D eigenvalue weighted by atomic mass is 10.1. The highest BCUT2D eigenvalue weighted by Crippen LogP contribution is 2.13. The molecule has 23 heavy (non-hydrogen) atoms. The molecule has 0 saturated carbocycles. The minimum atomic E-state index is -0.912. The first-order chi connectivity index (χ1) is 11.0. The molecule has 0 radical (unpaired) electrons. The molecule has 7 nitrogen and oxygen atoms in total. The Morgan fingerprint density at radius 2 is 1.96 bits per heavy atom. The van der Waals surface area contributed by atoms with Crippen LogP contribution in [0.4, 0.5) is 0 Å². The zero-order valence-corrected chi connectivity index (χ0v) is 12.9. The summed E-state index contributed by atoms with van der Waals surface area (Å²) in [4.78, 5) is 23.3. The summed E-state index contributed by atoms with van der Waals surface area (Å²) in [6.07, 6.45) is 3.50. The number of fused-ring (bicyclic) bond motifs is 1. The number of carbonyl (C=O) groups is 1. The predicted octanol–water partition coefficient (Wildman–Crippen LogP) is 1.51. The summed E-state index contributed by atoms with van der Waals surface area (Å²) in [7, 11) is 0. The maximum atomic E-state index is 12.6. The molecule has 7 heteroatoms. The van der Waals surface area contributed by atoms with E-state index in [1.807, 2.05) is 32.0 Å². The van der Waals surface area contributed by atoms with E-state index in [2.05, 4.69) is 10.2 Å². The molecule has 0 amide bonds. The maximum absolute atomic E-state index is 12.6. The van der Waals surface area contributed by atoms with Gasteiger partial charge in [-0.2, -0.15) is 0 Å². The number of aliphatic carboxylic acids is 1. The number of hydrogen-bond donors (Lipinski definition) is 1. The Kier molecular flexibility index (Phi) is 3.69. The standard InChI is InChI=1S/C16H16N4O3/c1-10-3-4-12(9-11(10)2)19-7-8-20-13(5-6-14(21)22)17-18-15(20)16(19)23/h3-4,7-9H,5-6H2,1-2H3,(H,21,22). The van der Waals surface area contributed by atoms with E-state index in [0.29, 0.717) is 5.82 Å². The van der Waals surface area contributed by atoms with Gasteiger partial charge in [0.05, 0.1) is 6.42 Å². The summed E-state index contributed by atoms with van der Waals surface area (Å²) in [5, 5.41) is 16.6. The zero-order chi connectivity index (χ0) is 16.6. The van der Waals surface area contributed by atoms with E-state index in [9.17, 15) is 9.59 Å². The fraction of sp³-hybridized carbons (Fsp3) is 0.250. The third-order valence-corrected chi connectivity index (χ3v) is 3.87. The molecule has 0 aliphatic heterocycles. The van der Waals surface area contributed by atoms with Crippen LogP contribution >= 0.6 is 0 Å². The fourth-order valence-electron chi connectivity index (χ4n) is 2.40. The second-order valence-electron chi connectivity index (χ2n) is 5.45. The van der Waals surface area contributed by atoms with Crippen LogP contribution in [-0.2, 0) is 11.2 Å². The van der Waals surface area contributed by atoms with E-state index in [1.165, 1.54) is 4.57 Å². The van der Waals surface area contributed by atoms with Gasteiger partial charge in [0.2, 0.25) is 5.65 Å². The molecule has 1 aromatic carbocycles. The van der Waals surface area contributed by atoms with Crippen molar-refractivity contribution in [2.45, 2.75) is 26.7 Å². The second kappa shape index (κ2) is 5.68. The minimum absolute atomic E-state index is 0.0545. The van der Waals surface area contributed by atoms with Crippen molar-refractivity contribution in [3.05, 3.63) is 57.9 Å². The van der Waals surface area contributed by atoms with Crippen LogP contribution in [0.15, 0.2) is 35.4 Å². The Bertz CT molecular complexity index is 956. The molecule has 3 rings (SSSR count). The number of carboxylic acid groups (broad SMARTS) is 1. The van der Waals surface area contributed by atoms with Gasteiger partial charge in [0.25, 0.3) is 0 Å². The Morgan fingerprint density at radius 1 is 1.17 bits per heavy atom. The number of benzene rings is 1. The van der Waals surface area contributed by atoms with Crippen LogP contribution in [0, 0.1) is 13.8 Å². The Morgan fingerprint density at radius 3 is 2.65 bits per heavy atom. The van der Waals surface area contributed by atoms with Gasteiger partial charge in [-0.05, 0) is 37.1 Å². The van der Waals surface area contributed by atoms with Gasteiger partial charge in [0.1, 0.15) is 5.82 Å². The zero-order valence-electron chi connectivity index (χ0n) is 12.9. The van der Waals surface area contributed by atoms with Gasteiger partial charge < -0.3 is 5.11 Å². The lowest BCUT2D eigenvalue weighted by Gasteiger charge is -2.08. The van der Waals surface area contributed by atoms with Crippen molar-refractivity contribution in [2.24, 2.45) is 0 Å². The van der Waals surface area contributed by atoms with Crippen LogP contribution in [0.25, 0.3) is 11.3 Å². The lowest BCUT2D eigenvalue weighted by Crippen LogP contribution is -2.20. The summed E-state index contributed by atoms with van der Waals surface area (Å²) in [6.45, 7) is 4.00. The second-order valence-corrected chi connectivity index (χ2v) is 5.45. The van der Waals surface area contributed by atoms with Crippen molar-refractivity contribution >= 4 is 11.6 Å². The molecule has 0 saturated heterocycles. The van der Waals surface area contributed by atoms with Crippen LogP contribution in [0.5, 0.6) is 0 Å². The predicted molar refractivity (Wildman–Crippen MR) is 84.0 cm³/mol. The molecule has 118 valence electrons. The Balaban J connectivity index is 2.07. The van der Waals surface area contributed by atoms with Crippen LogP contribution in [-0.4, -0.2) is 30.2 Å². The molecule has 0 aliphatic rings. The van der Waals surface area contributed by atoms with E-state index < -0.39 is 5.97 Å². The highest BCUT2D eigenvalue weighted by Gasteiger charge is 2.12. The molecule has 0 bridgehead atoms. The van der Waals surface area contributed by atoms with Crippen molar-refractivity contribution in [1.29, 1.82) is 0 Å². The molecule has 0 aliphatic carbocycles. The van der Waals surface area contributed by atoms with E-state index in [0.717, 1.165) is 16.8 Å². The highest BCUT2D eigenvalue weighted by molar-refractivity contribution is 5.66. The molecular weight excluding hydrogens is 296 g/mol. The van der Waals surface area contributed by atoms with Crippen LogP contribution in [0.3, 0.4) is 0 Å². The van der Waals surface area contributed by atoms with Gasteiger partial charge >= 0.3 is 11.5 Å². The summed E-state index contributed by atoms with van der Waals surface area (Å²) in [5.74, 6) is -0.447. The number of nitrogens with zero attached hydrogens (tertiary/aromatic N) is 4. The van der Waals surface area contributed by atoms with Crippen LogP contribution in [0.1, 0.15) is 23.4 Å². The summed E-state index contributed by atoms with van der Waals surface area (Å²) >= 11 is 0. The van der Waals surface area contributed by atoms with Crippen molar-refractivity contribution in [1.82, 2.24) is 19.2 Å². The van der Waals surface area contributed by atoms with Gasteiger partial charge in [0, 0.05) is 24.5 Å². The van der Waals surface area contributed by atoms with Crippen molar-refractivity contribution in [3.63, 3.8) is 0 Å². The molecule has 2 heterocycles. The number of aryl methyl sites for hydroxylation is 3. The highest BCUT2D eigenvalue weighted by atomic mass is 16.4. The average Bonchev–Trinajstić information content (AvgIpc) is 2.92. The lowest BCUT2D eigenvalue weighted by molar-refractivity contribution is -0.137. The van der Waals surface area contributed by atoms with Gasteiger partial charge in [-0.15, -0.1) is 10.2 Å². The molecular formula is C16H16N4O3. The normalized spacial score (nSPS) is 11.0. The number of carboxylic acids is 1. The van der Waals surface area contributed by atoms with E-state index in [4.69, 9.17) is 5.11 Å². The first-order valence-electron chi connectivity index (χ1n) is 7.22. The SMILES string of the molecule is Cc1ccc(-n2ccn3c(CCC(=O)O)nnc3c2=O)cc1C. The third kappa shape index (κ3) is 2.73. The minimum Gasteiger partial charge on any atom is -0.481 e. The monoisotopic (exact) mass is 312 g/mol. The Hall–Kier alpha value is -2.96. The number of aromatic nitrogens is 4. The van der Waals surface area contributed by atoms with Gasteiger partial charge in [0.15, 0.2) is 0 Å². The van der Waals surface area contributed by atoms with Crippen molar-refractivity contribution in [2.75, 3.05) is 0 Å². The molecule has 0 unspecified atom stereocenters. The summed E-state index contributed by atoms with van der Waals surface area (Å²) in [5.41, 5.74) is 2.91. The molecule has 2 aromatic heterocycles. The van der Waals surface area contributed by atoms with E-state index in [1.54, 1.807) is 16.8 Å². The summed E-state index contributed by atoms with van der Waals surface area (Å²) in [6, 6.07) is 5.78. The maximum Gasteiger partial charge on any atom is 0.303 e. The topological polar surface area (TPSA) is 89.5 Å². The van der Waals surface area contributed by atoms with E-state index in [-0.39, 0.29) is 24.0 Å². The average molecular weight is 312 g/mol. The fourth-order valence-corrected chi connectivity index (χ4v) is 2.40. The first-order valence-corrected chi connectivity index (χ1v) is 7.22. The quantitative estimate of drug-likeness (QED) is 0.789. The third-order valence-electron chi connectivity index (χ3n) is 3.87. The smallest absolute Gasteiger partial charge is 0.303 e. The van der Waals surface area contributed by atoms with Crippen molar-refractivity contribution in [3.8, 4) is 5.69 Å². The van der Waals surface area contributed by atoms with Crippen LogP contribution in [0.2, 0.25) is 0 Å². The summed E-state index contributed by atoms with van der Waals surface area (Å²) < 4.78 is 3.06. The van der Waals surface area contributed by atoms with Gasteiger partial charge in [-0.3, -0.25) is 18.6 Å². The van der Waals surface area contributed by atoms with E-state index >= 15 is 0 Å². The number of hydrogen-bond acceptors (Lipinski definition) is 4. The largest absolute Gasteiger partial charge is 0.481 e. The molecule has 0 fully saturated rings.